The Morgan fingerprint density at radius 3 is 2.18 bits per heavy atom. The summed E-state index contributed by atoms with van der Waals surface area (Å²) in [6.07, 6.45) is 16.2. The fourth-order valence-electron chi connectivity index (χ4n) is 1.49. The van der Waals surface area contributed by atoms with E-state index in [2.05, 4.69) is 52.0 Å². The molecule has 0 atom stereocenters. The Bertz CT molecular complexity index is 208. The number of unbranched alkanes of at least 4 members (excludes halogenated alkanes) is 4. The second-order valence-corrected chi connectivity index (χ2v) is 5.43. The molecule has 1 nitrogen and oxygen atoms in total. The molecular formula is C16H30O. The predicted octanol–water partition coefficient (Wildman–Crippen LogP) is 5.27. The van der Waals surface area contributed by atoms with E-state index in [1.54, 1.807) is 0 Å². The summed E-state index contributed by atoms with van der Waals surface area (Å²) in [5.74, 6) is 0. The molecule has 0 heterocycles. The second kappa shape index (κ2) is 10.6. The molecule has 100 valence electrons. The van der Waals surface area contributed by atoms with Gasteiger partial charge in [0.05, 0.1) is 5.60 Å². The van der Waals surface area contributed by atoms with Crippen molar-refractivity contribution in [2.75, 3.05) is 6.61 Å². The van der Waals surface area contributed by atoms with Crippen LogP contribution >= 0.6 is 0 Å². The molecule has 0 aliphatic heterocycles. The number of hydrogen-bond donors (Lipinski definition) is 0. The van der Waals surface area contributed by atoms with Gasteiger partial charge >= 0.3 is 0 Å². The highest BCUT2D eigenvalue weighted by atomic mass is 16.5. The number of hydrogen-bond acceptors (Lipinski definition) is 1. The minimum absolute atomic E-state index is 0.0222. The van der Waals surface area contributed by atoms with Gasteiger partial charge in [-0.15, -0.1) is 0 Å². The average molecular weight is 238 g/mol. The van der Waals surface area contributed by atoms with E-state index in [4.69, 9.17) is 4.74 Å². The summed E-state index contributed by atoms with van der Waals surface area (Å²) in [5.41, 5.74) is 0.0222. The first-order chi connectivity index (χ1) is 8.06. The predicted molar refractivity (Wildman–Crippen MR) is 77.4 cm³/mol. The summed E-state index contributed by atoms with van der Waals surface area (Å²) in [7, 11) is 0. The first kappa shape index (κ1) is 16.4. The van der Waals surface area contributed by atoms with Gasteiger partial charge in [0.2, 0.25) is 0 Å². The van der Waals surface area contributed by atoms with Gasteiger partial charge in [0, 0.05) is 6.61 Å². The summed E-state index contributed by atoms with van der Waals surface area (Å²) in [5, 5.41) is 0. The van der Waals surface area contributed by atoms with Crippen LogP contribution in [0.25, 0.3) is 0 Å². The molecule has 0 aromatic heterocycles. The van der Waals surface area contributed by atoms with E-state index >= 15 is 0 Å². The minimum Gasteiger partial charge on any atom is -0.376 e. The van der Waals surface area contributed by atoms with Crippen LogP contribution in [0.2, 0.25) is 0 Å². The molecule has 0 saturated heterocycles. The molecule has 0 unspecified atom stereocenters. The maximum atomic E-state index is 5.68. The summed E-state index contributed by atoms with van der Waals surface area (Å²) in [6, 6.07) is 0. The molecule has 1 heteroatoms. The van der Waals surface area contributed by atoms with Gasteiger partial charge in [-0.25, -0.2) is 0 Å². The highest BCUT2D eigenvalue weighted by Gasteiger charge is 2.08. The van der Waals surface area contributed by atoms with Crippen LogP contribution in [-0.2, 0) is 4.74 Å². The van der Waals surface area contributed by atoms with Gasteiger partial charge in [-0.3, -0.25) is 0 Å². The first-order valence-electron chi connectivity index (χ1n) is 7.02. The van der Waals surface area contributed by atoms with Crippen LogP contribution in [-0.4, -0.2) is 12.2 Å². The summed E-state index contributed by atoms with van der Waals surface area (Å²) in [6.45, 7) is 9.40. The van der Waals surface area contributed by atoms with E-state index in [1.807, 2.05) is 0 Å². The molecule has 0 saturated carbocycles. The van der Waals surface area contributed by atoms with Crippen molar-refractivity contribution in [3.8, 4) is 0 Å². The lowest BCUT2D eigenvalue weighted by molar-refractivity contribution is -0.00473. The molecule has 17 heavy (non-hydrogen) atoms. The van der Waals surface area contributed by atoms with Crippen molar-refractivity contribution >= 4 is 0 Å². The van der Waals surface area contributed by atoms with Crippen LogP contribution in [0.1, 0.15) is 66.2 Å². The molecule has 0 N–H and O–H groups in total. The third kappa shape index (κ3) is 15.4. The summed E-state index contributed by atoms with van der Waals surface area (Å²) in [4.78, 5) is 0. The zero-order chi connectivity index (χ0) is 13.0. The molecular weight excluding hydrogens is 208 g/mol. The Morgan fingerprint density at radius 1 is 0.882 bits per heavy atom. The fraction of sp³-hybridized carbons (Fsp3) is 0.750. The Labute approximate surface area is 108 Å². The van der Waals surface area contributed by atoms with Gasteiger partial charge < -0.3 is 4.74 Å². The molecule has 0 bridgehead atoms. The zero-order valence-electron chi connectivity index (χ0n) is 12.2. The molecule has 0 fully saturated rings. The van der Waals surface area contributed by atoms with E-state index in [0.717, 1.165) is 13.0 Å². The average Bonchev–Trinajstić information content (AvgIpc) is 2.24. The Balaban J connectivity index is 3.19. The van der Waals surface area contributed by atoms with Crippen LogP contribution < -0.4 is 0 Å². The van der Waals surface area contributed by atoms with E-state index in [9.17, 15) is 0 Å². The largest absolute Gasteiger partial charge is 0.376 e. The van der Waals surface area contributed by atoms with Crippen molar-refractivity contribution in [1.82, 2.24) is 0 Å². The highest BCUT2D eigenvalue weighted by Crippen LogP contribution is 2.09. The lowest BCUT2D eigenvalue weighted by atomic mass is 10.1. The smallest absolute Gasteiger partial charge is 0.0598 e. The monoisotopic (exact) mass is 238 g/mol. The summed E-state index contributed by atoms with van der Waals surface area (Å²) >= 11 is 0. The van der Waals surface area contributed by atoms with Crippen LogP contribution in [0.4, 0.5) is 0 Å². The van der Waals surface area contributed by atoms with Crippen LogP contribution in [0.15, 0.2) is 24.3 Å². The number of ether oxygens (including phenoxy) is 1. The van der Waals surface area contributed by atoms with E-state index in [0.29, 0.717) is 0 Å². The fourth-order valence-corrected chi connectivity index (χ4v) is 1.49. The third-order valence-electron chi connectivity index (χ3n) is 2.42. The summed E-state index contributed by atoms with van der Waals surface area (Å²) < 4.78 is 5.68. The topological polar surface area (TPSA) is 9.23 Å². The van der Waals surface area contributed by atoms with Crippen LogP contribution in [0.3, 0.4) is 0 Å². The number of rotatable bonds is 9. The molecule has 0 spiro atoms. The van der Waals surface area contributed by atoms with Crippen molar-refractivity contribution in [2.24, 2.45) is 0 Å². The molecule has 0 aliphatic rings. The highest BCUT2D eigenvalue weighted by molar-refractivity contribution is 5.01. The van der Waals surface area contributed by atoms with Gasteiger partial charge in [0.1, 0.15) is 0 Å². The van der Waals surface area contributed by atoms with Crippen LogP contribution in [0, 0.1) is 0 Å². The molecule has 0 rings (SSSR count). The van der Waals surface area contributed by atoms with Crippen molar-refractivity contribution in [3.63, 3.8) is 0 Å². The molecule has 0 radical (unpaired) electrons. The molecule has 0 aromatic rings. The van der Waals surface area contributed by atoms with Gasteiger partial charge in [0.25, 0.3) is 0 Å². The van der Waals surface area contributed by atoms with Crippen molar-refractivity contribution in [2.45, 2.75) is 71.8 Å². The SMILES string of the molecule is CCC=CC=CCCCCCCOC(C)(C)C. The lowest BCUT2D eigenvalue weighted by Crippen LogP contribution is -2.19. The van der Waals surface area contributed by atoms with Crippen LogP contribution in [0.5, 0.6) is 0 Å². The van der Waals surface area contributed by atoms with Crippen molar-refractivity contribution in [3.05, 3.63) is 24.3 Å². The minimum atomic E-state index is 0.0222. The Kier molecular flexibility index (Phi) is 10.2. The van der Waals surface area contributed by atoms with Gasteiger partial charge in [-0.1, -0.05) is 44.1 Å². The van der Waals surface area contributed by atoms with Gasteiger partial charge in [-0.2, -0.15) is 0 Å². The maximum Gasteiger partial charge on any atom is 0.0598 e. The van der Waals surface area contributed by atoms with E-state index < -0.39 is 0 Å². The quantitative estimate of drug-likeness (QED) is 0.392. The second-order valence-electron chi connectivity index (χ2n) is 5.43. The zero-order valence-corrected chi connectivity index (χ0v) is 12.2. The standard InChI is InChI=1S/C16H30O/c1-5-6-7-8-9-10-11-12-13-14-15-17-16(2,3)4/h6-9H,5,10-15H2,1-4H3. The molecule has 0 aliphatic carbocycles. The molecule has 0 aromatic carbocycles. The molecule has 0 amide bonds. The van der Waals surface area contributed by atoms with E-state index in [-0.39, 0.29) is 5.60 Å². The maximum absolute atomic E-state index is 5.68. The Hall–Kier alpha value is -0.560. The first-order valence-corrected chi connectivity index (χ1v) is 7.02. The number of allylic oxidation sites excluding steroid dienone is 4. The van der Waals surface area contributed by atoms with Crippen molar-refractivity contribution in [1.29, 1.82) is 0 Å². The van der Waals surface area contributed by atoms with Gasteiger partial charge in [-0.05, 0) is 46.5 Å². The Morgan fingerprint density at radius 2 is 1.53 bits per heavy atom. The normalized spacial score (nSPS) is 12.9. The third-order valence-corrected chi connectivity index (χ3v) is 2.42. The van der Waals surface area contributed by atoms with Crippen molar-refractivity contribution < 1.29 is 4.74 Å². The lowest BCUT2D eigenvalue weighted by Gasteiger charge is -2.19. The van der Waals surface area contributed by atoms with Gasteiger partial charge in [0.15, 0.2) is 0 Å². The van der Waals surface area contributed by atoms with E-state index in [1.165, 1.54) is 32.1 Å².